The number of amides is 1. The smallest absolute Gasteiger partial charge is 0.266 e. The van der Waals surface area contributed by atoms with Crippen molar-refractivity contribution in [2.45, 2.75) is 12.8 Å². The molecule has 1 aliphatic heterocycles. The van der Waals surface area contributed by atoms with Gasteiger partial charge in [0, 0.05) is 13.1 Å². The fourth-order valence-corrected chi connectivity index (χ4v) is 2.71. The molecule has 3 heterocycles. The molecule has 0 bridgehead atoms. The maximum absolute atomic E-state index is 11.8. The van der Waals surface area contributed by atoms with Crippen molar-refractivity contribution >= 4 is 28.9 Å². The van der Waals surface area contributed by atoms with E-state index in [2.05, 4.69) is 20.4 Å². The van der Waals surface area contributed by atoms with Crippen molar-refractivity contribution in [1.82, 2.24) is 10.2 Å². The molecule has 98 valence electrons. The van der Waals surface area contributed by atoms with Gasteiger partial charge >= 0.3 is 0 Å². The van der Waals surface area contributed by atoms with Gasteiger partial charge in [0.1, 0.15) is 0 Å². The maximum Gasteiger partial charge on any atom is 0.266 e. The number of aromatic nitrogens is 2. The number of hydrogen-bond acceptors (Lipinski definition) is 5. The molecule has 0 spiro atoms. The van der Waals surface area contributed by atoms with E-state index < -0.39 is 0 Å². The highest BCUT2D eigenvalue weighted by molar-refractivity contribution is 7.12. The molecule has 0 unspecified atom stereocenters. The van der Waals surface area contributed by atoms with Gasteiger partial charge in [-0.25, -0.2) is 0 Å². The SMILES string of the molecule is O=C(Nc1ccc(N2CCCC2)nn1)c1cccs1. The average molecular weight is 274 g/mol. The summed E-state index contributed by atoms with van der Waals surface area (Å²) < 4.78 is 0. The molecular formula is C13H14N4OS. The van der Waals surface area contributed by atoms with Gasteiger partial charge in [-0.05, 0) is 36.4 Å². The minimum absolute atomic E-state index is 0.141. The molecular weight excluding hydrogens is 260 g/mol. The summed E-state index contributed by atoms with van der Waals surface area (Å²) >= 11 is 1.41. The number of rotatable bonds is 3. The van der Waals surface area contributed by atoms with E-state index in [1.807, 2.05) is 17.5 Å². The van der Waals surface area contributed by atoms with Gasteiger partial charge in [-0.2, -0.15) is 0 Å². The van der Waals surface area contributed by atoms with E-state index in [0.29, 0.717) is 10.7 Å². The Labute approximate surface area is 115 Å². The van der Waals surface area contributed by atoms with Crippen molar-refractivity contribution < 1.29 is 4.79 Å². The Morgan fingerprint density at radius 2 is 2.05 bits per heavy atom. The Bertz CT molecular complexity index is 547. The van der Waals surface area contributed by atoms with Crippen LogP contribution in [0.3, 0.4) is 0 Å². The van der Waals surface area contributed by atoms with E-state index in [1.165, 1.54) is 24.2 Å². The average Bonchev–Trinajstić information content (AvgIpc) is 3.13. The van der Waals surface area contributed by atoms with E-state index >= 15 is 0 Å². The predicted molar refractivity (Wildman–Crippen MR) is 75.8 cm³/mol. The zero-order valence-electron chi connectivity index (χ0n) is 10.4. The maximum atomic E-state index is 11.8. The fraction of sp³-hybridized carbons (Fsp3) is 0.308. The summed E-state index contributed by atoms with van der Waals surface area (Å²) in [6.07, 6.45) is 2.41. The summed E-state index contributed by atoms with van der Waals surface area (Å²) in [5.74, 6) is 1.23. The van der Waals surface area contributed by atoms with Gasteiger partial charge < -0.3 is 10.2 Å². The second kappa shape index (κ2) is 5.36. The molecule has 2 aromatic heterocycles. The van der Waals surface area contributed by atoms with Crippen molar-refractivity contribution in [1.29, 1.82) is 0 Å². The van der Waals surface area contributed by atoms with Gasteiger partial charge in [0.05, 0.1) is 4.88 Å². The summed E-state index contributed by atoms with van der Waals surface area (Å²) in [6, 6.07) is 7.34. The topological polar surface area (TPSA) is 58.1 Å². The van der Waals surface area contributed by atoms with Crippen LogP contribution in [0, 0.1) is 0 Å². The number of hydrogen-bond donors (Lipinski definition) is 1. The van der Waals surface area contributed by atoms with Crippen LogP contribution in [-0.4, -0.2) is 29.2 Å². The van der Waals surface area contributed by atoms with Crippen LogP contribution in [0.4, 0.5) is 11.6 Å². The van der Waals surface area contributed by atoms with Gasteiger partial charge in [0.2, 0.25) is 0 Å². The number of nitrogens with one attached hydrogen (secondary N) is 1. The van der Waals surface area contributed by atoms with Crippen LogP contribution in [0.2, 0.25) is 0 Å². The molecule has 19 heavy (non-hydrogen) atoms. The second-order valence-electron chi connectivity index (χ2n) is 4.40. The van der Waals surface area contributed by atoms with Crippen LogP contribution in [0.5, 0.6) is 0 Å². The van der Waals surface area contributed by atoms with Gasteiger partial charge in [0.25, 0.3) is 5.91 Å². The molecule has 1 saturated heterocycles. The quantitative estimate of drug-likeness (QED) is 0.933. The van der Waals surface area contributed by atoms with E-state index in [-0.39, 0.29) is 5.91 Å². The predicted octanol–water partition coefficient (Wildman–Crippen LogP) is 2.39. The summed E-state index contributed by atoms with van der Waals surface area (Å²) in [5.41, 5.74) is 0. The van der Waals surface area contributed by atoms with Gasteiger partial charge in [0.15, 0.2) is 11.6 Å². The van der Waals surface area contributed by atoms with Crippen LogP contribution in [0.15, 0.2) is 29.6 Å². The molecule has 2 aromatic rings. The largest absolute Gasteiger partial charge is 0.355 e. The lowest BCUT2D eigenvalue weighted by Crippen LogP contribution is -2.20. The first-order valence-electron chi connectivity index (χ1n) is 6.26. The van der Waals surface area contributed by atoms with Crippen molar-refractivity contribution in [2.75, 3.05) is 23.3 Å². The molecule has 0 atom stereocenters. The molecule has 0 saturated carbocycles. The molecule has 0 aliphatic carbocycles. The van der Waals surface area contributed by atoms with Gasteiger partial charge in [-0.15, -0.1) is 21.5 Å². The van der Waals surface area contributed by atoms with Crippen LogP contribution in [0.25, 0.3) is 0 Å². The van der Waals surface area contributed by atoms with Gasteiger partial charge in [-0.3, -0.25) is 4.79 Å². The highest BCUT2D eigenvalue weighted by Crippen LogP contribution is 2.18. The van der Waals surface area contributed by atoms with Crippen LogP contribution in [0.1, 0.15) is 22.5 Å². The Balaban J connectivity index is 1.67. The number of carbonyl (C=O) groups is 1. The first kappa shape index (κ1) is 12.1. The second-order valence-corrected chi connectivity index (χ2v) is 5.35. The first-order chi connectivity index (χ1) is 9.33. The van der Waals surface area contributed by atoms with Gasteiger partial charge in [-0.1, -0.05) is 6.07 Å². The normalized spacial score (nSPS) is 14.6. The molecule has 0 aromatic carbocycles. The van der Waals surface area contributed by atoms with Crippen molar-refractivity contribution in [2.24, 2.45) is 0 Å². The van der Waals surface area contributed by atoms with E-state index in [1.54, 1.807) is 12.1 Å². The van der Waals surface area contributed by atoms with E-state index in [0.717, 1.165) is 18.9 Å². The molecule has 0 radical (unpaired) electrons. The summed E-state index contributed by atoms with van der Waals surface area (Å²) in [7, 11) is 0. The Hall–Kier alpha value is -1.95. The van der Waals surface area contributed by atoms with Crippen LogP contribution in [-0.2, 0) is 0 Å². The minimum Gasteiger partial charge on any atom is -0.355 e. The Morgan fingerprint density at radius 3 is 2.68 bits per heavy atom. The van der Waals surface area contributed by atoms with E-state index in [9.17, 15) is 4.79 Å². The standard InChI is InChI=1S/C13H14N4OS/c18-13(10-4-3-9-19-10)14-11-5-6-12(16-15-11)17-7-1-2-8-17/h3-6,9H,1-2,7-8H2,(H,14,15,18). The highest BCUT2D eigenvalue weighted by Gasteiger charge is 2.14. The molecule has 6 heteroatoms. The monoisotopic (exact) mass is 274 g/mol. The van der Waals surface area contributed by atoms with Crippen molar-refractivity contribution in [3.05, 3.63) is 34.5 Å². The fourth-order valence-electron chi connectivity index (χ4n) is 2.09. The number of nitrogens with zero attached hydrogens (tertiary/aromatic N) is 3. The molecule has 1 aliphatic rings. The zero-order valence-corrected chi connectivity index (χ0v) is 11.2. The first-order valence-corrected chi connectivity index (χ1v) is 7.14. The van der Waals surface area contributed by atoms with Crippen LogP contribution < -0.4 is 10.2 Å². The number of anilines is 2. The number of carbonyl (C=O) groups excluding carboxylic acids is 1. The van der Waals surface area contributed by atoms with E-state index in [4.69, 9.17) is 0 Å². The highest BCUT2D eigenvalue weighted by atomic mass is 32.1. The van der Waals surface area contributed by atoms with Crippen molar-refractivity contribution in [3.63, 3.8) is 0 Å². The summed E-state index contributed by atoms with van der Waals surface area (Å²) in [5, 5.41) is 12.8. The lowest BCUT2D eigenvalue weighted by atomic mass is 10.4. The third-order valence-corrected chi connectivity index (χ3v) is 3.94. The zero-order chi connectivity index (χ0) is 13.1. The minimum atomic E-state index is -0.141. The third kappa shape index (κ3) is 2.73. The molecule has 1 fully saturated rings. The lowest BCUT2D eigenvalue weighted by Gasteiger charge is -2.15. The Kier molecular flexibility index (Phi) is 3.41. The Morgan fingerprint density at radius 1 is 1.21 bits per heavy atom. The third-order valence-electron chi connectivity index (χ3n) is 3.07. The molecule has 5 nitrogen and oxygen atoms in total. The summed E-state index contributed by atoms with van der Waals surface area (Å²) in [6.45, 7) is 2.07. The number of thiophene rings is 1. The van der Waals surface area contributed by atoms with Crippen molar-refractivity contribution in [3.8, 4) is 0 Å². The summed E-state index contributed by atoms with van der Waals surface area (Å²) in [4.78, 5) is 14.7. The lowest BCUT2D eigenvalue weighted by molar-refractivity contribution is 0.103. The van der Waals surface area contributed by atoms with Crippen LogP contribution >= 0.6 is 11.3 Å². The molecule has 1 amide bonds. The molecule has 1 N–H and O–H groups in total. The molecule has 3 rings (SSSR count).